The van der Waals surface area contributed by atoms with Crippen molar-refractivity contribution in [1.29, 1.82) is 0 Å². The van der Waals surface area contributed by atoms with Crippen LogP contribution < -0.4 is 15.2 Å². The molecule has 1 aromatic heterocycles. The van der Waals surface area contributed by atoms with E-state index in [2.05, 4.69) is 4.72 Å². The molecule has 0 atom stereocenters. The summed E-state index contributed by atoms with van der Waals surface area (Å²) in [5.74, 6) is -1.32. The van der Waals surface area contributed by atoms with Crippen molar-refractivity contribution in [3.05, 3.63) is 65.4 Å². The zero-order valence-corrected chi connectivity index (χ0v) is 20.2. The summed E-state index contributed by atoms with van der Waals surface area (Å²) in [7, 11) is -4.31. The summed E-state index contributed by atoms with van der Waals surface area (Å²) < 4.78 is 54.9. The number of benzene rings is 2. The zero-order chi connectivity index (χ0) is 25.4. The molecular formula is C25H27FN2O6S. The smallest absolute Gasteiger partial charge is 0.341 e. The van der Waals surface area contributed by atoms with E-state index in [-0.39, 0.29) is 28.5 Å². The Morgan fingerprint density at radius 2 is 1.91 bits per heavy atom. The number of ether oxygens (including phenoxy) is 1. The van der Waals surface area contributed by atoms with Crippen LogP contribution in [0.3, 0.4) is 0 Å². The van der Waals surface area contributed by atoms with Gasteiger partial charge in [0.1, 0.15) is 29.5 Å². The van der Waals surface area contributed by atoms with Gasteiger partial charge in [0.2, 0.25) is 0 Å². The Morgan fingerprint density at radius 3 is 2.57 bits per heavy atom. The van der Waals surface area contributed by atoms with Gasteiger partial charge in [-0.1, -0.05) is 13.8 Å². The summed E-state index contributed by atoms with van der Waals surface area (Å²) in [5.41, 5.74) is 6.17. The van der Waals surface area contributed by atoms with Crippen LogP contribution in [-0.4, -0.2) is 26.0 Å². The molecule has 0 fully saturated rings. The number of carboxylic acids is 1. The van der Waals surface area contributed by atoms with Crippen molar-refractivity contribution >= 4 is 21.7 Å². The molecule has 8 nitrogen and oxygen atoms in total. The Hall–Kier alpha value is -3.37. The third-order valence-corrected chi connectivity index (χ3v) is 8.20. The molecule has 0 spiro atoms. The van der Waals surface area contributed by atoms with Gasteiger partial charge < -0.3 is 20.0 Å². The second kappa shape index (κ2) is 9.35. The average molecular weight is 503 g/mol. The molecule has 0 unspecified atom stereocenters. The minimum absolute atomic E-state index is 0.0164. The van der Waals surface area contributed by atoms with Crippen LogP contribution in [0, 0.1) is 5.82 Å². The van der Waals surface area contributed by atoms with Crippen molar-refractivity contribution in [2.45, 2.75) is 50.0 Å². The van der Waals surface area contributed by atoms with E-state index in [9.17, 15) is 22.7 Å². The van der Waals surface area contributed by atoms with E-state index in [0.29, 0.717) is 48.3 Å². The van der Waals surface area contributed by atoms with Crippen molar-refractivity contribution in [2.75, 3.05) is 11.3 Å². The van der Waals surface area contributed by atoms with Crippen molar-refractivity contribution in [2.24, 2.45) is 5.73 Å². The first-order valence-corrected chi connectivity index (χ1v) is 12.8. The number of anilines is 1. The highest BCUT2D eigenvalue weighted by molar-refractivity contribution is 7.92. The van der Waals surface area contributed by atoms with Crippen LogP contribution >= 0.6 is 0 Å². The molecule has 186 valence electrons. The quantitative estimate of drug-likeness (QED) is 0.380. The minimum atomic E-state index is -4.31. The predicted molar refractivity (Wildman–Crippen MR) is 129 cm³/mol. The molecule has 0 saturated carbocycles. The van der Waals surface area contributed by atoms with E-state index >= 15 is 0 Å². The summed E-state index contributed by atoms with van der Waals surface area (Å²) in [6.45, 7) is 4.12. The highest BCUT2D eigenvalue weighted by atomic mass is 32.2. The molecule has 10 heteroatoms. The maximum atomic E-state index is 14.3. The van der Waals surface area contributed by atoms with E-state index in [1.54, 1.807) is 12.1 Å². The van der Waals surface area contributed by atoms with Gasteiger partial charge in [0.15, 0.2) is 0 Å². The van der Waals surface area contributed by atoms with Gasteiger partial charge in [-0.25, -0.2) is 17.6 Å². The third kappa shape index (κ3) is 4.28. The molecule has 1 aliphatic rings. The van der Waals surface area contributed by atoms with E-state index in [1.807, 2.05) is 13.8 Å². The maximum Gasteiger partial charge on any atom is 0.341 e. The van der Waals surface area contributed by atoms with Gasteiger partial charge in [-0.3, -0.25) is 4.72 Å². The molecule has 0 saturated heterocycles. The Labute approximate surface area is 203 Å². The fraction of sp³-hybridized carbons (Fsp3) is 0.320. The topological polar surface area (TPSA) is 132 Å². The maximum absolute atomic E-state index is 14.3. The number of fused-ring (bicyclic) bond motifs is 3. The lowest BCUT2D eigenvalue weighted by molar-refractivity contribution is 0.0692. The van der Waals surface area contributed by atoms with Gasteiger partial charge in [0.25, 0.3) is 10.0 Å². The van der Waals surface area contributed by atoms with Crippen molar-refractivity contribution in [1.82, 2.24) is 0 Å². The SMILES string of the molecule is CCC(CC)(CCN)c1cc(F)ccc1S(=O)(=O)Nc1ccc2c(c1C(=O)O)OCc1occc1-2. The number of rotatable bonds is 9. The van der Waals surface area contributed by atoms with Gasteiger partial charge in [-0.2, -0.15) is 0 Å². The van der Waals surface area contributed by atoms with Crippen molar-refractivity contribution < 1.29 is 31.9 Å². The molecule has 3 aromatic rings. The fourth-order valence-electron chi connectivity index (χ4n) is 4.82. The third-order valence-electron chi connectivity index (χ3n) is 6.78. The Kier molecular flexibility index (Phi) is 6.61. The molecule has 4 N–H and O–H groups in total. The van der Waals surface area contributed by atoms with E-state index in [4.69, 9.17) is 14.9 Å². The first-order valence-electron chi connectivity index (χ1n) is 11.3. The molecule has 0 amide bonds. The predicted octanol–water partition coefficient (Wildman–Crippen LogP) is 4.88. The summed E-state index contributed by atoms with van der Waals surface area (Å²) in [5, 5.41) is 9.95. The van der Waals surface area contributed by atoms with Crippen LogP contribution in [0.15, 0.2) is 52.0 Å². The second-order valence-corrected chi connectivity index (χ2v) is 10.1. The van der Waals surface area contributed by atoms with Crippen LogP contribution in [0.2, 0.25) is 0 Å². The first-order chi connectivity index (χ1) is 16.7. The zero-order valence-electron chi connectivity index (χ0n) is 19.4. The lowest BCUT2D eigenvalue weighted by Gasteiger charge is -2.34. The normalized spacial score (nSPS) is 13.0. The molecule has 35 heavy (non-hydrogen) atoms. The molecule has 4 rings (SSSR count). The number of aromatic carboxylic acids is 1. The number of halogens is 1. The number of carbonyl (C=O) groups is 1. The molecular weight excluding hydrogens is 475 g/mol. The molecule has 2 heterocycles. The number of sulfonamides is 1. The van der Waals surface area contributed by atoms with Crippen molar-refractivity contribution in [3.8, 4) is 16.9 Å². The fourth-order valence-corrected chi connectivity index (χ4v) is 6.20. The van der Waals surface area contributed by atoms with E-state index < -0.39 is 27.2 Å². The van der Waals surface area contributed by atoms with Gasteiger partial charge in [-0.15, -0.1) is 0 Å². The molecule has 0 radical (unpaired) electrons. The minimum Gasteiger partial charge on any atom is -0.484 e. The van der Waals surface area contributed by atoms with Crippen molar-refractivity contribution in [3.63, 3.8) is 0 Å². The van der Waals surface area contributed by atoms with E-state index in [1.165, 1.54) is 24.5 Å². The number of carboxylic acid groups (broad SMARTS) is 1. The molecule has 0 bridgehead atoms. The summed E-state index contributed by atoms with van der Waals surface area (Å²) >= 11 is 0. The first kappa shape index (κ1) is 24.7. The van der Waals surface area contributed by atoms with Crippen LogP contribution in [0.1, 0.15) is 54.8 Å². The lowest BCUT2D eigenvalue weighted by atomic mass is 9.73. The van der Waals surface area contributed by atoms with Gasteiger partial charge in [-0.05, 0) is 73.2 Å². The highest BCUT2D eigenvalue weighted by Crippen LogP contribution is 2.44. The van der Waals surface area contributed by atoms with Crippen LogP contribution in [0.5, 0.6) is 5.75 Å². The highest BCUT2D eigenvalue weighted by Gasteiger charge is 2.35. The molecule has 1 aliphatic heterocycles. The van der Waals surface area contributed by atoms with Gasteiger partial charge in [0.05, 0.1) is 16.8 Å². The van der Waals surface area contributed by atoms with Crippen LogP contribution in [0.4, 0.5) is 10.1 Å². The monoisotopic (exact) mass is 502 g/mol. The lowest BCUT2D eigenvalue weighted by Crippen LogP contribution is -2.31. The Morgan fingerprint density at radius 1 is 1.17 bits per heavy atom. The number of hydrogen-bond donors (Lipinski definition) is 3. The average Bonchev–Trinajstić information content (AvgIpc) is 3.31. The number of hydrogen-bond acceptors (Lipinski definition) is 6. The Balaban J connectivity index is 1.84. The van der Waals surface area contributed by atoms with Crippen LogP contribution in [0.25, 0.3) is 11.1 Å². The molecule has 2 aromatic carbocycles. The Bertz CT molecular complexity index is 1380. The molecule has 0 aliphatic carbocycles. The van der Waals surface area contributed by atoms with Gasteiger partial charge >= 0.3 is 5.97 Å². The summed E-state index contributed by atoms with van der Waals surface area (Å²) in [6, 6.07) is 8.16. The summed E-state index contributed by atoms with van der Waals surface area (Å²) in [6.07, 6.45) is 3.04. The van der Waals surface area contributed by atoms with Gasteiger partial charge in [0, 0.05) is 11.1 Å². The number of nitrogens with two attached hydrogens (primary N) is 1. The second-order valence-electron chi connectivity index (χ2n) is 8.49. The number of furan rings is 1. The standard InChI is InChI=1S/C25H27FN2O6S/c1-3-25(4-2,10-11-27)18-13-15(26)5-8-21(18)35(31,32)28-19-7-6-17-16-9-12-33-20(16)14-34-23(17)22(19)24(29)30/h5-9,12-13,28H,3-4,10-11,14,27H2,1-2H3,(H,29,30). The van der Waals surface area contributed by atoms with E-state index in [0.717, 1.165) is 6.07 Å². The van der Waals surface area contributed by atoms with Crippen LogP contribution in [-0.2, 0) is 22.0 Å². The number of nitrogens with one attached hydrogen (secondary N) is 1. The largest absolute Gasteiger partial charge is 0.484 e. The summed E-state index contributed by atoms with van der Waals surface area (Å²) in [4.78, 5) is 12.1.